The Labute approximate surface area is 148 Å². The van der Waals surface area contributed by atoms with Crippen LogP contribution in [0.2, 0.25) is 0 Å². The first-order chi connectivity index (χ1) is 12.1. The van der Waals surface area contributed by atoms with E-state index in [0.717, 1.165) is 29.1 Å². The Bertz CT molecular complexity index is 1010. The molecule has 3 aromatic heterocycles. The molecule has 1 unspecified atom stereocenters. The van der Waals surface area contributed by atoms with Gasteiger partial charge in [0.2, 0.25) is 0 Å². The van der Waals surface area contributed by atoms with Crippen LogP contribution in [0.3, 0.4) is 0 Å². The second kappa shape index (κ2) is 6.07. The number of aromatic nitrogens is 3. The number of rotatable bonds is 2. The van der Waals surface area contributed by atoms with Crippen molar-refractivity contribution in [2.75, 3.05) is 6.54 Å². The van der Waals surface area contributed by atoms with Gasteiger partial charge in [0, 0.05) is 29.5 Å². The van der Waals surface area contributed by atoms with Crippen LogP contribution in [0.4, 0.5) is 0 Å². The summed E-state index contributed by atoms with van der Waals surface area (Å²) in [6.45, 7) is 4.46. The zero-order valence-corrected chi connectivity index (χ0v) is 14.9. The molecule has 1 atom stereocenters. The number of aryl methyl sites for hydroxylation is 2. The summed E-state index contributed by atoms with van der Waals surface area (Å²) in [5.74, 6) is -0.261. The quantitative estimate of drug-likeness (QED) is 0.710. The largest absolute Gasteiger partial charge is 0.330 e. The zero-order valence-electron chi connectivity index (χ0n) is 14.1. The van der Waals surface area contributed by atoms with E-state index in [0.29, 0.717) is 11.5 Å². The lowest BCUT2D eigenvalue weighted by molar-refractivity contribution is 0.0730. The highest BCUT2D eigenvalue weighted by atomic mass is 32.1. The Balaban J connectivity index is 1.76. The van der Waals surface area contributed by atoms with E-state index in [1.165, 1.54) is 17.5 Å². The van der Waals surface area contributed by atoms with Gasteiger partial charge in [0.15, 0.2) is 4.96 Å². The number of hydrogen-bond acceptors (Lipinski definition) is 5. The molecule has 0 aromatic carbocycles. The van der Waals surface area contributed by atoms with Gasteiger partial charge in [-0.2, -0.15) is 0 Å². The Morgan fingerprint density at radius 1 is 1.28 bits per heavy atom. The number of carbonyl (C=O) groups is 1. The lowest BCUT2D eigenvalue weighted by atomic mass is 10.1. The zero-order chi connectivity index (χ0) is 17.6. The first-order valence-electron chi connectivity index (χ1n) is 8.27. The smallest absolute Gasteiger partial charge is 0.271 e. The summed E-state index contributed by atoms with van der Waals surface area (Å²) in [4.78, 5) is 38.1. The molecular weight excluding hydrogens is 336 g/mol. The van der Waals surface area contributed by atoms with Crippen molar-refractivity contribution in [1.29, 1.82) is 0 Å². The Morgan fingerprint density at radius 3 is 2.88 bits per heavy atom. The molecule has 0 saturated carbocycles. The standard InChI is InChI=1S/C18H18N4O2S/c1-11-12(2)25-18-20-10-13(17(24)22(11)18)16(23)21-9-5-7-15(21)14-6-3-4-8-19-14/h3-4,6,8,10,15H,5,7,9H2,1-2H3. The van der Waals surface area contributed by atoms with Crippen LogP contribution in [0.5, 0.6) is 0 Å². The molecule has 0 aliphatic carbocycles. The van der Waals surface area contributed by atoms with Crippen LogP contribution in [0.1, 0.15) is 45.5 Å². The van der Waals surface area contributed by atoms with E-state index >= 15 is 0 Å². The van der Waals surface area contributed by atoms with E-state index in [9.17, 15) is 9.59 Å². The summed E-state index contributed by atoms with van der Waals surface area (Å²) < 4.78 is 1.54. The molecule has 1 fully saturated rings. The fourth-order valence-electron chi connectivity index (χ4n) is 3.37. The minimum Gasteiger partial charge on any atom is -0.330 e. The molecule has 4 rings (SSSR count). The first kappa shape index (κ1) is 16.0. The van der Waals surface area contributed by atoms with E-state index in [2.05, 4.69) is 9.97 Å². The Kier molecular flexibility index (Phi) is 3.88. The van der Waals surface area contributed by atoms with E-state index in [-0.39, 0.29) is 23.1 Å². The number of carbonyl (C=O) groups excluding carboxylic acids is 1. The molecule has 25 heavy (non-hydrogen) atoms. The van der Waals surface area contributed by atoms with Crippen LogP contribution in [0.25, 0.3) is 4.96 Å². The second-order valence-corrected chi connectivity index (χ2v) is 7.43. The van der Waals surface area contributed by atoms with Crippen molar-refractivity contribution >= 4 is 22.2 Å². The number of hydrogen-bond donors (Lipinski definition) is 0. The second-order valence-electron chi connectivity index (χ2n) is 6.25. The van der Waals surface area contributed by atoms with Gasteiger partial charge in [-0.15, -0.1) is 11.3 Å². The van der Waals surface area contributed by atoms with Gasteiger partial charge in [0.25, 0.3) is 11.5 Å². The highest BCUT2D eigenvalue weighted by molar-refractivity contribution is 7.17. The molecule has 6 nitrogen and oxygen atoms in total. The van der Waals surface area contributed by atoms with Gasteiger partial charge in [-0.1, -0.05) is 6.07 Å². The van der Waals surface area contributed by atoms with Crippen LogP contribution < -0.4 is 5.56 Å². The Morgan fingerprint density at radius 2 is 2.12 bits per heavy atom. The summed E-state index contributed by atoms with van der Waals surface area (Å²) in [7, 11) is 0. The topological polar surface area (TPSA) is 67.6 Å². The van der Waals surface area contributed by atoms with E-state index in [1.54, 1.807) is 15.5 Å². The summed E-state index contributed by atoms with van der Waals surface area (Å²) in [6.07, 6.45) is 4.91. The number of likely N-dealkylation sites (tertiary alicyclic amines) is 1. The van der Waals surface area contributed by atoms with Gasteiger partial charge in [-0.3, -0.25) is 19.0 Å². The molecule has 128 valence electrons. The lowest BCUT2D eigenvalue weighted by Gasteiger charge is -2.24. The minimum absolute atomic E-state index is 0.0842. The van der Waals surface area contributed by atoms with Crippen molar-refractivity contribution in [2.45, 2.75) is 32.7 Å². The maximum Gasteiger partial charge on any atom is 0.271 e. The van der Waals surface area contributed by atoms with Crippen LogP contribution in [-0.4, -0.2) is 31.7 Å². The van der Waals surface area contributed by atoms with Crippen molar-refractivity contribution < 1.29 is 4.79 Å². The highest BCUT2D eigenvalue weighted by Crippen LogP contribution is 2.31. The third-order valence-electron chi connectivity index (χ3n) is 4.79. The number of fused-ring (bicyclic) bond motifs is 1. The molecule has 0 spiro atoms. The molecule has 1 amide bonds. The van der Waals surface area contributed by atoms with Crippen molar-refractivity contribution in [3.63, 3.8) is 0 Å². The third-order valence-corrected chi connectivity index (χ3v) is 5.86. The third kappa shape index (κ3) is 2.55. The molecular formula is C18H18N4O2S. The maximum atomic E-state index is 13.1. The molecule has 1 aliphatic heterocycles. The Hall–Kier alpha value is -2.54. The fraction of sp³-hybridized carbons (Fsp3) is 0.333. The number of thiazole rings is 1. The average molecular weight is 354 g/mol. The molecule has 7 heteroatoms. The van der Waals surface area contributed by atoms with E-state index < -0.39 is 0 Å². The van der Waals surface area contributed by atoms with Gasteiger partial charge >= 0.3 is 0 Å². The van der Waals surface area contributed by atoms with Gasteiger partial charge < -0.3 is 4.90 Å². The first-order valence-corrected chi connectivity index (χ1v) is 9.09. The SMILES string of the molecule is Cc1sc2ncc(C(=O)N3CCCC3c3ccccn3)c(=O)n2c1C. The van der Waals surface area contributed by atoms with Gasteiger partial charge in [-0.25, -0.2) is 4.98 Å². The van der Waals surface area contributed by atoms with Crippen molar-refractivity contribution in [3.8, 4) is 0 Å². The normalized spacial score (nSPS) is 17.4. The van der Waals surface area contributed by atoms with Crippen LogP contribution in [-0.2, 0) is 0 Å². The van der Waals surface area contributed by atoms with Crippen LogP contribution >= 0.6 is 11.3 Å². The number of nitrogens with zero attached hydrogens (tertiary/aromatic N) is 4. The van der Waals surface area contributed by atoms with Gasteiger partial charge in [0.1, 0.15) is 5.56 Å². The summed E-state index contributed by atoms with van der Waals surface area (Å²) in [5.41, 5.74) is 1.55. The minimum atomic E-state index is -0.288. The van der Waals surface area contributed by atoms with Crippen LogP contribution in [0, 0.1) is 13.8 Å². The highest BCUT2D eigenvalue weighted by Gasteiger charge is 2.33. The monoisotopic (exact) mass is 354 g/mol. The van der Waals surface area contributed by atoms with Crippen molar-refractivity contribution in [3.05, 3.63) is 62.8 Å². The molecule has 4 heterocycles. The predicted molar refractivity (Wildman–Crippen MR) is 96.1 cm³/mol. The van der Waals surface area contributed by atoms with Crippen LogP contribution in [0.15, 0.2) is 35.4 Å². The lowest BCUT2D eigenvalue weighted by Crippen LogP contribution is -2.35. The molecule has 0 N–H and O–H groups in total. The summed E-state index contributed by atoms with van der Waals surface area (Å²) in [5, 5.41) is 0. The summed E-state index contributed by atoms with van der Waals surface area (Å²) >= 11 is 1.46. The molecule has 0 radical (unpaired) electrons. The van der Waals surface area contributed by atoms with Crippen molar-refractivity contribution in [1.82, 2.24) is 19.3 Å². The predicted octanol–water partition coefficient (Wildman–Crippen LogP) is 2.75. The van der Waals surface area contributed by atoms with E-state index in [4.69, 9.17) is 0 Å². The number of pyridine rings is 1. The number of amides is 1. The van der Waals surface area contributed by atoms with Gasteiger partial charge in [-0.05, 0) is 38.8 Å². The van der Waals surface area contributed by atoms with Gasteiger partial charge in [0.05, 0.1) is 11.7 Å². The van der Waals surface area contributed by atoms with Crippen molar-refractivity contribution in [2.24, 2.45) is 0 Å². The summed E-state index contributed by atoms with van der Waals surface area (Å²) in [6, 6.07) is 5.62. The fourth-order valence-corrected chi connectivity index (χ4v) is 4.30. The molecule has 3 aromatic rings. The molecule has 0 bridgehead atoms. The average Bonchev–Trinajstić information content (AvgIpc) is 3.21. The van der Waals surface area contributed by atoms with E-state index in [1.807, 2.05) is 32.0 Å². The molecule has 1 saturated heterocycles. The maximum absolute atomic E-state index is 13.1. The molecule has 1 aliphatic rings.